The van der Waals surface area contributed by atoms with E-state index in [4.69, 9.17) is 10.6 Å². The molecule has 0 atom stereocenters. The van der Waals surface area contributed by atoms with Crippen LogP contribution in [0.1, 0.15) is 23.1 Å². The molecule has 2 N–H and O–H groups in total. The predicted octanol–water partition coefficient (Wildman–Crippen LogP) is 3.48. The zero-order valence-electron chi connectivity index (χ0n) is 13.1. The van der Waals surface area contributed by atoms with Gasteiger partial charge in [-0.05, 0) is 12.5 Å². The number of thioether (sulfide) groups is 1. The molecule has 120 valence electrons. The van der Waals surface area contributed by atoms with Gasteiger partial charge in [-0.3, -0.25) is 0 Å². The zero-order chi connectivity index (χ0) is 16.5. The van der Waals surface area contributed by atoms with Gasteiger partial charge in [0.25, 0.3) is 0 Å². The predicted molar refractivity (Wildman–Crippen MR) is 95.2 cm³/mol. The number of aryl methyl sites for hydroxylation is 1. The van der Waals surface area contributed by atoms with Crippen molar-refractivity contribution in [3.63, 3.8) is 0 Å². The quantitative estimate of drug-likeness (QED) is 0.278. The monoisotopic (exact) mass is 328 g/mol. The highest BCUT2D eigenvalue weighted by Crippen LogP contribution is 2.13. The van der Waals surface area contributed by atoms with Crippen LogP contribution in [0.4, 0.5) is 0 Å². The maximum Gasteiger partial charge on any atom is 0.335 e. The van der Waals surface area contributed by atoms with Crippen LogP contribution in [-0.2, 0) is 15.4 Å². The molecule has 0 fully saturated rings. The van der Waals surface area contributed by atoms with Crippen molar-refractivity contribution in [1.29, 1.82) is 0 Å². The van der Waals surface area contributed by atoms with Crippen LogP contribution in [0.2, 0.25) is 0 Å². The zero-order valence-corrected chi connectivity index (χ0v) is 13.9. The van der Waals surface area contributed by atoms with Crippen LogP contribution in [0.25, 0.3) is 0 Å². The van der Waals surface area contributed by atoms with Gasteiger partial charge in [0.05, 0.1) is 6.42 Å². The van der Waals surface area contributed by atoms with Crippen molar-refractivity contribution in [3.05, 3.63) is 71.3 Å². The van der Waals surface area contributed by atoms with E-state index < -0.39 is 0 Å². The van der Waals surface area contributed by atoms with Crippen LogP contribution >= 0.6 is 11.8 Å². The summed E-state index contributed by atoms with van der Waals surface area (Å²) in [6, 6.07) is 17.7. The fourth-order valence-corrected chi connectivity index (χ4v) is 2.73. The molecule has 0 aliphatic heterocycles. The normalized spacial score (nSPS) is 11.3. The molecule has 4 nitrogen and oxygen atoms in total. The van der Waals surface area contributed by atoms with E-state index in [-0.39, 0.29) is 11.8 Å². The molecular weight excluding hydrogens is 308 g/mol. The van der Waals surface area contributed by atoms with E-state index in [1.165, 1.54) is 5.56 Å². The SMILES string of the molecule is Cc1ccc(/C(N)=N\OC(=O)CCSCc2ccccc2)cc1. The number of hydrogen-bond donors (Lipinski definition) is 1. The topological polar surface area (TPSA) is 64.7 Å². The van der Waals surface area contributed by atoms with Gasteiger partial charge in [-0.25, -0.2) is 4.79 Å². The van der Waals surface area contributed by atoms with Crippen molar-refractivity contribution < 1.29 is 9.63 Å². The average molecular weight is 328 g/mol. The molecule has 0 aromatic heterocycles. The van der Waals surface area contributed by atoms with Gasteiger partial charge < -0.3 is 10.6 Å². The second-order valence-corrected chi connectivity index (χ2v) is 6.20. The molecule has 0 heterocycles. The van der Waals surface area contributed by atoms with Crippen LogP contribution in [0, 0.1) is 6.92 Å². The molecule has 0 bridgehead atoms. The number of amidine groups is 1. The molecule has 0 aliphatic rings. The molecule has 2 rings (SSSR count). The lowest BCUT2D eigenvalue weighted by atomic mass is 10.1. The van der Waals surface area contributed by atoms with E-state index in [1.54, 1.807) is 11.8 Å². The number of hydrogen-bond acceptors (Lipinski definition) is 4. The van der Waals surface area contributed by atoms with E-state index in [0.29, 0.717) is 12.2 Å². The number of nitrogens with two attached hydrogens (primary N) is 1. The molecule has 0 saturated carbocycles. The Kier molecular flexibility index (Phi) is 6.69. The summed E-state index contributed by atoms with van der Waals surface area (Å²) in [7, 11) is 0. The van der Waals surface area contributed by atoms with Crippen molar-refractivity contribution >= 4 is 23.6 Å². The van der Waals surface area contributed by atoms with Gasteiger partial charge in [-0.15, -0.1) is 0 Å². The smallest absolute Gasteiger partial charge is 0.335 e. The standard InChI is InChI=1S/C18H20N2O2S/c1-14-7-9-16(10-8-14)18(19)20-22-17(21)11-12-23-13-15-5-3-2-4-6-15/h2-10H,11-13H2,1H3,(H2,19,20). The first kappa shape index (κ1) is 17.1. The minimum atomic E-state index is -0.374. The molecule has 2 aromatic rings. The molecular formula is C18H20N2O2S. The maximum absolute atomic E-state index is 11.6. The lowest BCUT2D eigenvalue weighted by Gasteiger charge is -2.02. The van der Waals surface area contributed by atoms with Crippen molar-refractivity contribution in [1.82, 2.24) is 0 Å². The second kappa shape index (κ2) is 9.00. The number of benzene rings is 2. The fourth-order valence-electron chi connectivity index (χ4n) is 1.84. The third-order valence-corrected chi connectivity index (χ3v) is 4.19. The highest BCUT2D eigenvalue weighted by molar-refractivity contribution is 7.98. The molecule has 23 heavy (non-hydrogen) atoms. The maximum atomic E-state index is 11.6. The van der Waals surface area contributed by atoms with Gasteiger partial charge >= 0.3 is 5.97 Å². The van der Waals surface area contributed by atoms with E-state index in [9.17, 15) is 4.79 Å². The number of carbonyl (C=O) groups is 1. The Labute approximate surface area is 140 Å². The Morgan fingerprint density at radius 3 is 2.52 bits per heavy atom. The van der Waals surface area contributed by atoms with Gasteiger partial charge in [0.2, 0.25) is 0 Å². The summed E-state index contributed by atoms with van der Waals surface area (Å²) < 4.78 is 0. The molecule has 0 aliphatic carbocycles. The van der Waals surface area contributed by atoms with Crippen molar-refractivity contribution in [2.75, 3.05) is 5.75 Å². The summed E-state index contributed by atoms with van der Waals surface area (Å²) >= 11 is 1.69. The van der Waals surface area contributed by atoms with E-state index in [0.717, 1.165) is 16.9 Å². The lowest BCUT2D eigenvalue weighted by molar-refractivity contribution is -0.143. The summed E-state index contributed by atoms with van der Waals surface area (Å²) in [5.74, 6) is 1.40. The van der Waals surface area contributed by atoms with Crippen molar-refractivity contribution in [3.8, 4) is 0 Å². The largest absolute Gasteiger partial charge is 0.380 e. The summed E-state index contributed by atoms with van der Waals surface area (Å²) in [6.07, 6.45) is 0.308. The van der Waals surface area contributed by atoms with Crippen LogP contribution in [0.5, 0.6) is 0 Å². The summed E-state index contributed by atoms with van der Waals surface area (Å²) in [5.41, 5.74) is 8.91. The number of rotatable bonds is 7. The van der Waals surface area contributed by atoms with Crippen LogP contribution < -0.4 is 5.73 Å². The van der Waals surface area contributed by atoms with Gasteiger partial charge in [0.1, 0.15) is 0 Å². The number of oxime groups is 1. The Hall–Kier alpha value is -2.27. The average Bonchev–Trinajstić information content (AvgIpc) is 2.58. The summed E-state index contributed by atoms with van der Waals surface area (Å²) in [6.45, 7) is 1.99. The highest BCUT2D eigenvalue weighted by Gasteiger charge is 2.05. The minimum absolute atomic E-state index is 0.204. The van der Waals surface area contributed by atoms with E-state index in [2.05, 4.69) is 17.3 Å². The fraction of sp³-hybridized carbons (Fsp3) is 0.222. The summed E-state index contributed by atoms with van der Waals surface area (Å²) in [5, 5.41) is 3.70. The molecule has 0 amide bonds. The van der Waals surface area contributed by atoms with Crippen LogP contribution in [0.3, 0.4) is 0 Å². The van der Waals surface area contributed by atoms with Crippen LogP contribution in [0.15, 0.2) is 59.8 Å². The first-order valence-corrected chi connectivity index (χ1v) is 8.52. The third kappa shape index (κ3) is 6.16. The van der Waals surface area contributed by atoms with E-state index >= 15 is 0 Å². The van der Waals surface area contributed by atoms with Crippen LogP contribution in [-0.4, -0.2) is 17.6 Å². The molecule has 2 aromatic carbocycles. The third-order valence-electron chi connectivity index (χ3n) is 3.16. The lowest BCUT2D eigenvalue weighted by Crippen LogP contribution is -2.15. The Bertz CT molecular complexity index is 654. The summed E-state index contributed by atoms with van der Waals surface area (Å²) in [4.78, 5) is 16.5. The second-order valence-electron chi connectivity index (χ2n) is 5.09. The van der Waals surface area contributed by atoms with Gasteiger partial charge in [-0.2, -0.15) is 11.8 Å². The van der Waals surface area contributed by atoms with Crippen molar-refractivity contribution in [2.24, 2.45) is 10.9 Å². The molecule has 0 spiro atoms. The van der Waals surface area contributed by atoms with E-state index in [1.807, 2.05) is 49.4 Å². The molecule has 0 unspecified atom stereocenters. The Morgan fingerprint density at radius 1 is 1.13 bits per heavy atom. The van der Waals surface area contributed by atoms with Gasteiger partial charge in [0, 0.05) is 17.1 Å². The Morgan fingerprint density at radius 2 is 1.83 bits per heavy atom. The molecule has 0 radical (unpaired) electrons. The highest BCUT2D eigenvalue weighted by atomic mass is 32.2. The first-order chi connectivity index (χ1) is 11.1. The molecule has 5 heteroatoms. The Balaban J connectivity index is 1.70. The first-order valence-electron chi connectivity index (χ1n) is 7.37. The van der Waals surface area contributed by atoms with Gasteiger partial charge in [0.15, 0.2) is 5.84 Å². The number of nitrogens with zero attached hydrogens (tertiary/aromatic N) is 1. The molecule has 0 saturated heterocycles. The number of carbonyl (C=O) groups excluding carboxylic acids is 1. The van der Waals surface area contributed by atoms with Gasteiger partial charge in [-0.1, -0.05) is 65.3 Å². The van der Waals surface area contributed by atoms with Crippen molar-refractivity contribution in [2.45, 2.75) is 19.1 Å². The minimum Gasteiger partial charge on any atom is -0.380 e.